The minimum absolute atomic E-state index is 0.377. The molecule has 0 bridgehead atoms. The molecule has 0 aliphatic rings. The van der Waals surface area contributed by atoms with Crippen LogP contribution in [-0.2, 0) is 0 Å². The summed E-state index contributed by atoms with van der Waals surface area (Å²) in [4.78, 5) is 0. The van der Waals surface area contributed by atoms with Crippen molar-refractivity contribution in [1.29, 1.82) is 0 Å². The van der Waals surface area contributed by atoms with Crippen molar-refractivity contribution in [2.75, 3.05) is 6.54 Å². The maximum absolute atomic E-state index is 4.14. The first kappa shape index (κ1) is 16.2. The third-order valence-corrected chi connectivity index (χ3v) is 4.44. The van der Waals surface area contributed by atoms with Crippen molar-refractivity contribution in [3.63, 3.8) is 0 Å². The van der Waals surface area contributed by atoms with Gasteiger partial charge in [0.2, 0.25) is 0 Å². The maximum Gasteiger partial charge on any atom is 0.0368 e. The lowest BCUT2D eigenvalue weighted by atomic mass is 9.98. The Morgan fingerprint density at radius 1 is 1.44 bits per heavy atom. The standard InChI is InChI=1S/C15H21BrIN/c1-4-8-18-15(9-11(3)5-2)13-10-12(16)6-7-14(13)17/h6-7,10,15,18H,3-5,8-9H2,1-2H3. The van der Waals surface area contributed by atoms with Crippen LogP contribution in [0, 0.1) is 3.57 Å². The lowest BCUT2D eigenvalue weighted by Crippen LogP contribution is -2.23. The van der Waals surface area contributed by atoms with E-state index in [0.29, 0.717) is 6.04 Å². The molecular weight excluding hydrogens is 401 g/mol. The van der Waals surface area contributed by atoms with Gasteiger partial charge in [-0.05, 0) is 72.2 Å². The molecule has 1 nitrogen and oxygen atoms in total. The zero-order chi connectivity index (χ0) is 13.5. The Kier molecular flexibility index (Phi) is 7.49. The van der Waals surface area contributed by atoms with Gasteiger partial charge in [-0.15, -0.1) is 0 Å². The molecule has 0 saturated heterocycles. The Morgan fingerprint density at radius 2 is 2.17 bits per heavy atom. The van der Waals surface area contributed by atoms with Gasteiger partial charge < -0.3 is 5.32 Å². The highest BCUT2D eigenvalue weighted by Crippen LogP contribution is 2.28. The summed E-state index contributed by atoms with van der Waals surface area (Å²) in [6.07, 6.45) is 3.22. The third-order valence-electron chi connectivity index (χ3n) is 2.97. The Bertz CT molecular complexity index is 403. The van der Waals surface area contributed by atoms with Crippen LogP contribution in [0.4, 0.5) is 0 Å². The van der Waals surface area contributed by atoms with Gasteiger partial charge in [-0.1, -0.05) is 41.9 Å². The second kappa shape index (κ2) is 8.33. The van der Waals surface area contributed by atoms with Gasteiger partial charge in [0.25, 0.3) is 0 Å². The van der Waals surface area contributed by atoms with E-state index in [1.54, 1.807) is 0 Å². The predicted octanol–water partition coefficient (Wildman–Crippen LogP) is 5.45. The Hall–Kier alpha value is 0.130. The Labute approximate surface area is 133 Å². The van der Waals surface area contributed by atoms with Gasteiger partial charge in [-0.25, -0.2) is 0 Å². The zero-order valence-corrected chi connectivity index (χ0v) is 14.8. The molecule has 0 aromatic heterocycles. The van der Waals surface area contributed by atoms with Crippen molar-refractivity contribution in [1.82, 2.24) is 5.32 Å². The van der Waals surface area contributed by atoms with Gasteiger partial charge in [0.1, 0.15) is 0 Å². The molecule has 0 aliphatic carbocycles. The van der Waals surface area contributed by atoms with E-state index in [-0.39, 0.29) is 0 Å². The minimum atomic E-state index is 0.377. The van der Waals surface area contributed by atoms with Crippen molar-refractivity contribution in [2.24, 2.45) is 0 Å². The highest BCUT2D eigenvalue weighted by atomic mass is 127. The number of hydrogen-bond donors (Lipinski definition) is 1. The summed E-state index contributed by atoms with van der Waals surface area (Å²) in [5.41, 5.74) is 2.67. The third kappa shape index (κ3) is 5.02. The number of nitrogens with one attached hydrogen (secondary N) is 1. The summed E-state index contributed by atoms with van der Waals surface area (Å²) in [7, 11) is 0. The van der Waals surface area contributed by atoms with Crippen molar-refractivity contribution in [3.05, 3.63) is 44.0 Å². The fraction of sp³-hybridized carbons (Fsp3) is 0.467. The Morgan fingerprint density at radius 3 is 2.78 bits per heavy atom. The molecule has 1 rings (SSSR count). The predicted molar refractivity (Wildman–Crippen MR) is 91.9 cm³/mol. The molecule has 3 heteroatoms. The number of rotatable bonds is 7. The van der Waals surface area contributed by atoms with Crippen LogP contribution < -0.4 is 5.32 Å². The van der Waals surface area contributed by atoms with E-state index >= 15 is 0 Å². The Balaban J connectivity index is 2.92. The smallest absolute Gasteiger partial charge is 0.0368 e. The largest absolute Gasteiger partial charge is 0.310 e. The second-order valence-corrected chi connectivity index (χ2v) is 6.56. The van der Waals surface area contributed by atoms with Crippen LogP contribution in [0.2, 0.25) is 0 Å². The van der Waals surface area contributed by atoms with E-state index in [1.807, 2.05) is 0 Å². The van der Waals surface area contributed by atoms with Gasteiger partial charge in [0.05, 0.1) is 0 Å². The van der Waals surface area contributed by atoms with Gasteiger partial charge in [-0.2, -0.15) is 0 Å². The molecule has 1 aromatic rings. The van der Waals surface area contributed by atoms with E-state index in [9.17, 15) is 0 Å². The first-order valence-electron chi connectivity index (χ1n) is 6.43. The van der Waals surface area contributed by atoms with E-state index in [4.69, 9.17) is 0 Å². The summed E-state index contributed by atoms with van der Waals surface area (Å²) in [5, 5.41) is 3.63. The highest BCUT2D eigenvalue weighted by molar-refractivity contribution is 14.1. The van der Waals surface area contributed by atoms with Gasteiger partial charge >= 0.3 is 0 Å². The van der Waals surface area contributed by atoms with Crippen LogP contribution >= 0.6 is 38.5 Å². The molecule has 0 amide bonds. The van der Waals surface area contributed by atoms with Crippen LogP contribution in [0.5, 0.6) is 0 Å². The maximum atomic E-state index is 4.14. The minimum Gasteiger partial charge on any atom is -0.310 e. The fourth-order valence-electron chi connectivity index (χ4n) is 1.83. The van der Waals surface area contributed by atoms with Crippen molar-refractivity contribution in [3.8, 4) is 0 Å². The van der Waals surface area contributed by atoms with E-state index in [1.165, 1.54) is 14.7 Å². The average molecular weight is 422 g/mol. The molecule has 1 aromatic carbocycles. The van der Waals surface area contributed by atoms with E-state index in [0.717, 1.165) is 30.3 Å². The molecular formula is C15H21BrIN. The highest BCUT2D eigenvalue weighted by Gasteiger charge is 2.14. The summed E-state index contributed by atoms with van der Waals surface area (Å²) in [5.74, 6) is 0. The topological polar surface area (TPSA) is 12.0 Å². The van der Waals surface area contributed by atoms with Gasteiger partial charge in [0, 0.05) is 14.1 Å². The van der Waals surface area contributed by atoms with Crippen LogP contribution in [0.3, 0.4) is 0 Å². The lowest BCUT2D eigenvalue weighted by Gasteiger charge is -2.21. The van der Waals surface area contributed by atoms with Crippen LogP contribution in [-0.4, -0.2) is 6.54 Å². The number of benzene rings is 1. The van der Waals surface area contributed by atoms with E-state index < -0.39 is 0 Å². The molecule has 0 saturated carbocycles. The molecule has 0 spiro atoms. The van der Waals surface area contributed by atoms with Crippen LogP contribution in [0.1, 0.15) is 44.7 Å². The molecule has 0 aliphatic heterocycles. The normalized spacial score (nSPS) is 12.4. The molecule has 18 heavy (non-hydrogen) atoms. The first-order chi connectivity index (χ1) is 8.58. The van der Waals surface area contributed by atoms with Crippen molar-refractivity contribution < 1.29 is 0 Å². The zero-order valence-electron chi connectivity index (χ0n) is 11.1. The number of hydrogen-bond acceptors (Lipinski definition) is 1. The van der Waals surface area contributed by atoms with E-state index in [2.05, 4.69) is 82.5 Å². The van der Waals surface area contributed by atoms with Gasteiger partial charge in [0.15, 0.2) is 0 Å². The number of halogens is 2. The van der Waals surface area contributed by atoms with Gasteiger partial charge in [-0.3, -0.25) is 0 Å². The monoisotopic (exact) mass is 421 g/mol. The summed E-state index contributed by atoms with van der Waals surface area (Å²) < 4.78 is 2.46. The fourth-order valence-corrected chi connectivity index (χ4v) is 2.92. The quantitative estimate of drug-likeness (QED) is 0.455. The molecule has 100 valence electrons. The molecule has 0 radical (unpaired) electrons. The summed E-state index contributed by atoms with van der Waals surface area (Å²) in [6.45, 7) is 9.56. The molecule has 1 N–H and O–H groups in total. The molecule has 0 fully saturated rings. The summed E-state index contributed by atoms with van der Waals surface area (Å²) in [6, 6.07) is 6.85. The lowest BCUT2D eigenvalue weighted by molar-refractivity contribution is 0.521. The second-order valence-electron chi connectivity index (χ2n) is 4.48. The molecule has 1 atom stereocenters. The average Bonchev–Trinajstić information content (AvgIpc) is 2.37. The first-order valence-corrected chi connectivity index (χ1v) is 8.30. The summed E-state index contributed by atoms with van der Waals surface area (Å²) >= 11 is 5.97. The van der Waals surface area contributed by atoms with Crippen molar-refractivity contribution >= 4 is 38.5 Å². The molecule has 1 unspecified atom stereocenters. The van der Waals surface area contributed by atoms with Crippen LogP contribution in [0.15, 0.2) is 34.8 Å². The molecule has 0 heterocycles. The SMILES string of the molecule is C=C(CC)CC(NCCC)c1cc(Br)ccc1I. The van der Waals surface area contributed by atoms with Crippen LogP contribution in [0.25, 0.3) is 0 Å². The van der Waals surface area contributed by atoms with Crippen molar-refractivity contribution in [2.45, 2.75) is 39.2 Å².